The maximum Gasteiger partial charge on any atom is 0.233 e. The first kappa shape index (κ1) is 28.7. The van der Waals surface area contributed by atoms with Crippen molar-refractivity contribution < 1.29 is 22.7 Å². The number of carbonyl (C=O) groups excluding carboxylic acids is 1. The van der Waals surface area contributed by atoms with Gasteiger partial charge in [0, 0.05) is 29.7 Å². The van der Waals surface area contributed by atoms with Crippen LogP contribution in [0.5, 0.6) is 5.75 Å². The molecule has 2 aromatic carbocycles. The summed E-state index contributed by atoms with van der Waals surface area (Å²) in [5, 5.41) is 0.777. The molecule has 3 fully saturated rings. The molecule has 0 radical (unpaired) electrons. The molecule has 2 saturated heterocycles. The summed E-state index contributed by atoms with van der Waals surface area (Å²) in [5.41, 5.74) is 0.520. The van der Waals surface area contributed by atoms with E-state index in [0.717, 1.165) is 25.7 Å². The van der Waals surface area contributed by atoms with Crippen molar-refractivity contribution in [3.8, 4) is 5.75 Å². The molecule has 3 aliphatic rings. The highest BCUT2D eigenvalue weighted by Gasteiger charge is 2.54. The van der Waals surface area contributed by atoms with E-state index in [1.54, 1.807) is 36.4 Å². The van der Waals surface area contributed by atoms with Crippen LogP contribution in [0.3, 0.4) is 0 Å². The molecule has 2 heterocycles. The van der Waals surface area contributed by atoms with Crippen molar-refractivity contribution in [3.63, 3.8) is 0 Å². The van der Waals surface area contributed by atoms with Gasteiger partial charge in [-0.15, -0.1) is 0 Å². The summed E-state index contributed by atoms with van der Waals surface area (Å²) in [5.74, 6) is 1.11. The number of hydrogen-bond acceptors (Lipinski definition) is 5. The molecule has 2 aliphatic heterocycles. The molecule has 6 nitrogen and oxygen atoms in total. The second-order valence-electron chi connectivity index (χ2n) is 11.8. The van der Waals surface area contributed by atoms with Crippen LogP contribution in [0.4, 0.5) is 5.69 Å². The van der Waals surface area contributed by atoms with E-state index in [0.29, 0.717) is 52.1 Å². The summed E-state index contributed by atoms with van der Waals surface area (Å²) in [6.45, 7) is 6.79. The number of ether oxygens (including phenoxy) is 2. The van der Waals surface area contributed by atoms with Crippen LogP contribution in [-0.4, -0.2) is 40.7 Å². The Morgan fingerprint density at radius 1 is 1.03 bits per heavy atom. The number of carbonyl (C=O) groups is 1. The topological polar surface area (TPSA) is 72.9 Å². The highest BCUT2D eigenvalue weighted by Crippen LogP contribution is 2.54. The number of benzene rings is 2. The van der Waals surface area contributed by atoms with Crippen LogP contribution >= 0.6 is 23.2 Å². The van der Waals surface area contributed by atoms with Crippen LogP contribution in [0.2, 0.25) is 10.0 Å². The number of hydrogen-bond donors (Lipinski definition) is 0. The van der Waals surface area contributed by atoms with E-state index < -0.39 is 20.0 Å². The molecule has 0 bridgehead atoms. The third kappa shape index (κ3) is 4.58. The van der Waals surface area contributed by atoms with E-state index in [-0.39, 0.29) is 29.7 Å². The Balaban J connectivity index is 1.64. The zero-order valence-corrected chi connectivity index (χ0v) is 25.3. The number of anilines is 1. The molecule has 0 aromatic heterocycles. The van der Waals surface area contributed by atoms with Gasteiger partial charge in [0.15, 0.2) is 9.84 Å². The van der Waals surface area contributed by atoms with Crippen LogP contribution in [0.25, 0.3) is 0 Å². The Hall–Kier alpha value is -1.80. The van der Waals surface area contributed by atoms with E-state index in [2.05, 4.69) is 6.92 Å². The summed E-state index contributed by atoms with van der Waals surface area (Å²) < 4.78 is 38.6. The number of amides is 1. The van der Waals surface area contributed by atoms with Gasteiger partial charge in [0.25, 0.3) is 0 Å². The summed E-state index contributed by atoms with van der Waals surface area (Å²) in [6.07, 6.45) is 4.97. The first-order valence-electron chi connectivity index (χ1n) is 13.8. The van der Waals surface area contributed by atoms with Gasteiger partial charge in [-0.2, -0.15) is 0 Å². The minimum atomic E-state index is -3.86. The molecule has 5 rings (SSSR count). The van der Waals surface area contributed by atoms with Crippen LogP contribution in [0.15, 0.2) is 41.3 Å². The lowest BCUT2D eigenvalue weighted by Gasteiger charge is -2.54. The van der Waals surface area contributed by atoms with Crippen molar-refractivity contribution in [3.05, 3.63) is 52.0 Å². The predicted octanol–water partition coefficient (Wildman–Crippen LogP) is 7.05. The van der Waals surface area contributed by atoms with Crippen molar-refractivity contribution in [2.45, 2.75) is 75.0 Å². The fourth-order valence-electron chi connectivity index (χ4n) is 7.26. The largest absolute Gasteiger partial charge is 0.495 e. The highest BCUT2D eigenvalue weighted by atomic mass is 35.5. The number of nitrogens with zero attached hydrogens (tertiary/aromatic N) is 1. The van der Waals surface area contributed by atoms with Crippen LogP contribution < -0.4 is 9.64 Å². The van der Waals surface area contributed by atoms with Crippen LogP contribution in [0, 0.1) is 17.3 Å². The normalized spacial score (nSPS) is 26.7. The van der Waals surface area contributed by atoms with E-state index in [1.165, 1.54) is 7.11 Å². The highest BCUT2D eigenvalue weighted by molar-refractivity contribution is 7.92. The Bertz CT molecular complexity index is 1350. The van der Waals surface area contributed by atoms with Crippen LogP contribution in [0.1, 0.15) is 64.9 Å². The zero-order valence-electron chi connectivity index (χ0n) is 23.0. The molecule has 212 valence electrons. The fraction of sp³-hybridized carbons (Fsp3) is 0.567. The van der Waals surface area contributed by atoms with E-state index in [9.17, 15) is 13.2 Å². The van der Waals surface area contributed by atoms with Gasteiger partial charge < -0.3 is 14.4 Å². The van der Waals surface area contributed by atoms with Gasteiger partial charge >= 0.3 is 0 Å². The lowest BCUT2D eigenvalue weighted by atomic mass is 9.60. The minimum absolute atomic E-state index is 0.0284. The smallest absolute Gasteiger partial charge is 0.233 e. The standard InChI is InChI=1S/C30H37Cl2NO5S/c1-19-23-7-5-6-8-24(23)29(2,3)28(34)33(19)27-25(32)17-20(18-26(27)37-4)30(13-15-38-16-14-30)39(35,36)22-11-9-21(31)10-12-22/h9-12,17-19,23-24H,5-8,13-16H2,1-4H3. The summed E-state index contributed by atoms with van der Waals surface area (Å²) in [7, 11) is -2.32. The van der Waals surface area contributed by atoms with Gasteiger partial charge in [-0.25, -0.2) is 8.42 Å². The van der Waals surface area contributed by atoms with Gasteiger partial charge in [-0.1, -0.05) is 49.9 Å². The van der Waals surface area contributed by atoms with Gasteiger partial charge in [0.05, 0.1) is 17.0 Å². The monoisotopic (exact) mass is 593 g/mol. The number of sulfone groups is 1. The van der Waals surface area contributed by atoms with Gasteiger partial charge in [0.1, 0.15) is 16.2 Å². The number of halogens is 2. The van der Waals surface area contributed by atoms with Gasteiger partial charge in [-0.3, -0.25) is 4.79 Å². The van der Waals surface area contributed by atoms with Crippen LogP contribution in [-0.2, 0) is 24.1 Å². The fourth-order valence-corrected chi connectivity index (χ4v) is 9.77. The van der Waals surface area contributed by atoms with Crippen molar-refractivity contribution >= 4 is 44.6 Å². The molecule has 2 aromatic rings. The van der Waals surface area contributed by atoms with Gasteiger partial charge in [0.2, 0.25) is 5.91 Å². The molecular weight excluding hydrogens is 557 g/mol. The molecule has 1 aliphatic carbocycles. The molecule has 3 atom stereocenters. The SMILES string of the molecule is COc1cc(C2(S(=O)(=O)c3ccc(Cl)cc3)CCOCC2)cc(Cl)c1N1C(=O)C(C)(C)C2CCCCC2C1C. The lowest BCUT2D eigenvalue weighted by molar-refractivity contribution is -0.137. The first-order chi connectivity index (χ1) is 18.5. The first-order valence-corrected chi connectivity index (χ1v) is 16.0. The number of methoxy groups -OCH3 is 1. The van der Waals surface area contributed by atoms with Gasteiger partial charge in [-0.05, 0) is 86.4 Å². The molecule has 1 saturated carbocycles. The Morgan fingerprint density at radius 3 is 2.31 bits per heavy atom. The predicted molar refractivity (Wildman–Crippen MR) is 155 cm³/mol. The van der Waals surface area contributed by atoms with E-state index >= 15 is 0 Å². The molecule has 39 heavy (non-hydrogen) atoms. The number of rotatable bonds is 5. The Labute approximate surface area is 241 Å². The van der Waals surface area contributed by atoms with Crippen molar-refractivity contribution in [2.24, 2.45) is 17.3 Å². The summed E-state index contributed by atoms with van der Waals surface area (Å²) >= 11 is 13.1. The number of fused-ring (bicyclic) bond motifs is 1. The summed E-state index contributed by atoms with van der Waals surface area (Å²) in [4.78, 5) is 16.1. The Morgan fingerprint density at radius 2 is 1.67 bits per heavy atom. The maximum atomic E-state index is 14.2. The third-order valence-corrected chi connectivity index (χ3v) is 12.6. The average molecular weight is 595 g/mol. The molecule has 1 amide bonds. The molecule has 9 heteroatoms. The van der Waals surface area contributed by atoms with E-state index in [1.807, 2.05) is 18.7 Å². The van der Waals surface area contributed by atoms with Crippen molar-refractivity contribution in [1.29, 1.82) is 0 Å². The molecule has 0 N–H and O–H groups in total. The van der Waals surface area contributed by atoms with E-state index in [4.69, 9.17) is 32.7 Å². The third-order valence-electron chi connectivity index (χ3n) is 9.50. The second-order valence-corrected chi connectivity index (χ2v) is 14.9. The Kier molecular flexibility index (Phi) is 7.77. The quantitative estimate of drug-likeness (QED) is 0.371. The van der Waals surface area contributed by atoms with Crippen molar-refractivity contribution in [2.75, 3.05) is 25.2 Å². The lowest BCUT2D eigenvalue weighted by Crippen LogP contribution is -2.60. The molecular formula is C30H37Cl2NO5S. The summed E-state index contributed by atoms with van der Waals surface area (Å²) in [6, 6.07) is 9.68. The molecule has 3 unspecified atom stereocenters. The van der Waals surface area contributed by atoms with Crippen molar-refractivity contribution in [1.82, 2.24) is 0 Å². The zero-order chi connectivity index (χ0) is 28.2. The minimum Gasteiger partial charge on any atom is -0.495 e. The second kappa shape index (κ2) is 10.6. The average Bonchev–Trinajstić information content (AvgIpc) is 2.93. The maximum absolute atomic E-state index is 14.2. The molecule has 0 spiro atoms. The number of piperidine rings is 1.